The molecule has 1 aliphatic heterocycles. The van der Waals surface area contributed by atoms with Crippen LogP contribution in [0.4, 0.5) is 0 Å². The van der Waals surface area contributed by atoms with Crippen LogP contribution in [0, 0.1) is 13.8 Å². The first-order valence-corrected chi connectivity index (χ1v) is 7.18. The van der Waals surface area contributed by atoms with E-state index in [9.17, 15) is 0 Å². The lowest BCUT2D eigenvalue weighted by atomic mass is 10.1. The zero-order chi connectivity index (χ0) is 12.5. The third kappa shape index (κ3) is 2.33. The van der Waals surface area contributed by atoms with Gasteiger partial charge in [0, 0.05) is 17.1 Å². The molecule has 0 aliphatic carbocycles. The van der Waals surface area contributed by atoms with Gasteiger partial charge in [-0.2, -0.15) is 0 Å². The van der Waals surface area contributed by atoms with Crippen LogP contribution in [0.25, 0.3) is 0 Å². The highest BCUT2D eigenvalue weighted by molar-refractivity contribution is 7.09. The van der Waals surface area contributed by atoms with Crippen LogP contribution in [0.1, 0.15) is 41.0 Å². The molecule has 2 aromatic rings. The molecule has 1 saturated heterocycles. The van der Waals surface area contributed by atoms with Crippen molar-refractivity contribution in [3.8, 4) is 0 Å². The first-order chi connectivity index (χ1) is 8.72. The third-order valence-corrected chi connectivity index (χ3v) is 4.29. The van der Waals surface area contributed by atoms with Crippen molar-refractivity contribution in [3.63, 3.8) is 0 Å². The molecule has 0 unspecified atom stereocenters. The van der Waals surface area contributed by atoms with Crippen LogP contribution < -0.4 is 0 Å². The number of hydrogen-bond donors (Lipinski definition) is 0. The molecule has 1 atom stereocenters. The van der Waals surface area contributed by atoms with Crippen molar-refractivity contribution in [1.82, 2.24) is 15.0 Å². The van der Waals surface area contributed by atoms with Crippen LogP contribution in [-0.2, 0) is 6.54 Å². The van der Waals surface area contributed by atoms with Gasteiger partial charge in [0.2, 0.25) is 0 Å². The molecule has 0 N–H and O–H groups in total. The molecular formula is C13H17N3OS. The Hall–Kier alpha value is -1.20. The fourth-order valence-corrected chi connectivity index (χ4v) is 3.32. The SMILES string of the molecule is Cc1cc([C@@H]2CCCN2Cc2nc(C)cs2)on1. The van der Waals surface area contributed by atoms with Gasteiger partial charge in [0.25, 0.3) is 0 Å². The number of rotatable bonds is 3. The van der Waals surface area contributed by atoms with Gasteiger partial charge in [0.15, 0.2) is 5.76 Å². The predicted molar refractivity (Wildman–Crippen MR) is 70.5 cm³/mol. The van der Waals surface area contributed by atoms with Crippen molar-refractivity contribution < 1.29 is 4.52 Å². The summed E-state index contributed by atoms with van der Waals surface area (Å²) in [5.74, 6) is 0.998. The van der Waals surface area contributed by atoms with Crippen molar-refractivity contribution >= 4 is 11.3 Å². The average Bonchev–Trinajstić information content (AvgIpc) is 3.01. The largest absolute Gasteiger partial charge is 0.359 e. The summed E-state index contributed by atoms with van der Waals surface area (Å²) >= 11 is 1.74. The average molecular weight is 263 g/mol. The van der Waals surface area contributed by atoms with Gasteiger partial charge in [-0.25, -0.2) is 4.98 Å². The van der Waals surface area contributed by atoms with Gasteiger partial charge < -0.3 is 4.52 Å². The predicted octanol–water partition coefficient (Wildman–Crippen LogP) is 3.09. The van der Waals surface area contributed by atoms with Crippen molar-refractivity contribution in [2.75, 3.05) is 6.54 Å². The molecule has 0 aromatic carbocycles. The fourth-order valence-electron chi connectivity index (χ4n) is 2.53. The van der Waals surface area contributed by atoms with E-state index in [1.165, 1.54) is 11.4 Å². The monoisotopic (exact) mass is 263 g/mol. The Morgan fingerprint density at radius 2 is 2.33 bits per heavy atom. The minimum Gasteiger partial charge on any atom is -0.359 e. The maximum absolute atomic E-state index is 5.41. The van der Waals surface area contributed by atoms with E-state index in [2.05, 4.69) is 26.5 Å². The molecule has 0 amide bonds. The number of aromatic nitrogens is 2. The van der Waals surface area contributed by atoms with E-state index >= 15 is 0 Å². The molecule has 0 spiro atoms. The van der Waals surface area contributed by atoms with Gasteiger partial charge >= 0.3 is 0 Å². The molecule has 3 rings (SSSR count). The number of hydrogen-bond acceptors (Lipinski definition) is 5. The van der Waals surface area contributed by atoms with Crippen molar-refractivity contribution in [2.24, 2.45) is 0 Å². The van der Waals surface area contributed by atoms with Gasteiger partial charge in [0.1, 0.15) is 5.01 Å². The first-order valence-electron chi connectivity index (χ1n) is 6.30. The molecular weight excluding hydrogens is 246 g/mol. The topological polar surface area (TPSA) is 42.2 Å². The van der Waals surface area contributed by atoms with E-state index in [4.69, 9.17) is 4.52 Å². The van der Waals surface area contributed by atoms with Crippen LogP contribution in [0.2, 0.25) is 0 Å². The Balaban J connectivity index is 1.75. The van der Waals surface area contributed by atoms with Gasteiger partial charge in [-0.05, 0) is 33.2 Å². The molecule has 0 saturated carbocycles. The Labute approximate surface area is 111 Å². The van der Waals surface area contributed by atoms with E-state index in [-0.39, 0.29) is 0 Å². The lowest BCUT2D eigenvalue weighted by Gasteiger charge is -2.20. The summed E-state index contributed by atoms with van der Waals surface area (Å²) in [6.45, 7) is 6.05. The highest BCUT2D eigenvalue weighted by Crippen LogP contribution is 2.33. The van der Waals surface area contributed by atoms with E-state index in [1.54, 1.807) is 11.3 Å². The third-order valence-electron chi connectivity index (χ3n) is 3.34. The van der Waals surface area contributed by atoms with E-state index < -0.39 is 0 Å². The van der Waals surface area contributed by atoms with E-state index in [0.717, 1.165) is 36.7 Å². The lowest BCUT2D eigenvalue weighted by Crippen LogP contribution is -2.22. The maximum atomic E-state index is 5.41. The van der Waals surface area contributed by atoms with E-state index in [1.807, 2.05) is 13.8 Å². The minimum atomic E-state index is 0.371. The minimum absolute atomic E-state index is 0.371. The van der Waals surface area contributed by atoms with Gasteiger partial charge in [0.05, 0.1) is 18.3 Å². The summed E-state index contributed by atoms with van der Waals surface area (Å²) in [7, 11) is 0. The first kappa shape index (κ1) is 11.9. The van der Waals surface area contributed by atoms with Crippen LogP contribution >= 0.6 is 11.3 Å². The smallest absolute Gasteiger partial charge is 0.154 e. The Kier molecular flexibility index (Phi) is 3.18. The molecule has 96 valence electrons. The zero-order valence-electron chi connectivity index (χ0n) is 10.7. The molecule has 1 aliphatic rings. The van der Waals surface area contributed by atoms with Crippen LogP contribution in [0.5, 0.6) is 0 Å². The molecule has 18 heavy (non-hydrogen) atoms. The zero-order valence-corrected chi connectivity index (χ0v) is 11.5. The summed E-state index contributed by atoms with van der Waals surface area (Å²) in [6.07, 6.45) is 2.37. The summed E-state index contributed by atoms with van der Waals surface area (Å²) < 4.78 is 5.41. The van der Waals surface area contributed by atoms with Crippen LogP contribution in [0.3, 0.4) is 0 Å². The molecule has 0 radical (unpaired) electrons. The van der Waals surface area contributed by atoms with Gasteiger partial charge in [-0.1, -0.05) is 5.16 Å². The molecule has 3 heterocycles. The lowest BCUT2D eigenvalue weighted by molar-refractivity contribution is 0.206. The molecule has 5 heteroatoms. The second kappa shape index (κ2) is 4.82. The number of nitrogens with zero attached hydrogens (tertiary/aromatic N) is 3. The molecule has 0 bridgehead atoms. The summed E-state index contributed by atoms with van der Waals surface area (Å²) in [6, 6.07) is 2.42. The second-order valence-electron chi connectivity index (χ2n) is 4.88. The Morgan fingerprint density at radius 3 is 3.00 bits per heavy atom. The summed E-state index contributed by atoms with van der Waals surface area (Å²) in [5.41, 5.74) is 2.07. The fraction of sp³-hybridized carbons (Fsp3) is 0.538. The molecule has 1 fully saturated rings. The number of aryl methyl sites for hydroxylation is 2. The molecule has 4 nitrogen and oxygen atoms in total. The normalized spacial score (nSPS) is 20.7. The summed E-state index contributed by atoms with van der Waals surface area (Å²) in [5, 5.41) is 7.29. The van der Waals surface area contributed by atoms with Gasteiger partial charge in [-0.3, -0.25) is 4.90 Å². The number of likely N-dealkylation sites (tertiary alicyclic amines) is 1. The van der Waals surface area contributed by atoms with Crippen LogP contribution in [0.15, 0.2) is 16.0 Å². The number of thiazole rings is 1. The Bertz CT molecular complexity index is 534. The van der Waals surface area contributed by atoms with Crippen molar-refractivity contribution in [1.29, 1.82) is 0 Å². The highest BCUT2D eigenvalue weighted by atomic mass is 32.1. The molecule has 2 aromatic heterocycles. The quantitative estimate of drug-likeness (QED) is 0.853. The van der Waals surface area contributed by atoms with E-state index in [0.29, 0.717) is 6.04 Å². The van der Waals surface area contributed by atoms with Crippen molar-refractivity contribution in [2.45, 2.75) is 39.3 Å². The second-order valence-corrected chi connectivity index (χ2v) is 5.82. The maximum Gasteiger partial charge on any atom is 0.154 e. The standard InChI is InChI=1S/C13H17N3OS/c1-9-6-12(17-15-9)11-4-3-5-16(11)7-13-14-10(2)8-18-13/h6,8,11H,3-5,7H2,1-2H3/t11-/m0/s1. The Morgan fingerprint density at radius 1 is 1.44 bits per heavy atom. The summed E-state index contributed by atoms with van der Waals surface area (Å²) in [4.78, 5) is 6.98. The van der Waals surface area contributed by atoms with Crippen molar-refractivity contribution in [3.05, 3.63) is 33.6 Å². The van der Waals surface area contributed by atoms with Gasteiger partial charge in [-0.15, -0.1) is 11.3 Å². The highest BCUT2D eigenvalue weighted by Gasteiger charge is 2.29. The van der Waals surface area contributed by atoms with Crippen LogP contribution in [-0.4, -0.2) is 21.6 Å².